The van der Waals surface area contributed by atoms with E-state index in [-0.39, 0.29) is 13.1 Å². The predicted molar refractivity (Wildman–Crippen MR) is 21.4 cm³/mol. The number of halogens is 2. The van der Waals surface area contributed by atoms with Gasteiger partial charge in [0.2, 0.25) is 0 Å². The lowest BCUT2D eigenvalue weighted by Crippen LogP contribution is -2.24. The minimum atomic E-state index is -1.75. The van der Waals surface area contributed by atoms with Crippen molar-refractivity contribution in [2.24, 2.45) is 0 Å². The molecule has 1 nitrogen and oxygen atoms in total. The normalized spacial score (nSPS) is 28.3. The van der Waals surface area contributed by atoms with Gasteiger partial charge in [0, 0.05) is 21.8 Å². The quantitative estimate of drug-likeness (QED) is 0.411. The second-order valence-corrected chi connectivity index (χ2v) is 1.92. The highest BCUT2D eigenvalue weighted by Crippen LogP contribution is 2.19. The van der Waals surface area contributed by atoms with Crippen molar-refractivity contribution in [3.63, 3.8) is 0 Å². The van der Waals surface area contributed by atoms with Crippen molar-refractivity contribution in [2.75, 3.05) is 13.1 Å². The second kappa shape index (κ2) is 1.40. The summed E-state index contributed by atoms with van der Waals surface area (Å²) in [6.45, 7) is 0.111. The van der Waals surface area contributed by atoms with E-state index in [2.05, 4.69) is 0 Å². The molecule has 42 valence electrons. The van der Waals surface area contributed by atoms with Crippen molar-refractivity contribution in [2.45, 2.75) is 12.8 Å². The summed E-state index contributed by atoms with van der Waals surface area (Å²) >= 11 is 0. The number of hydrogen-bond acceptors (Lipinski definition) is 0. The second-order valence-electron chi connectivity index (χ2n) is 1.92. The predicted octanol–water partition coefficient (Wildman–Crippen LogP) is 1.37. The van der Waals surface area contributed by atoms with Crippen LogP contribution in [0.15, 0.2) is 0 Å². The molecule has 0 aromatic carbocycles. The highest BCUT2D eigenvalue weighted by atomic mass is 19.4. The number of hydrogen-bond donors (Lipinski definition) is 0. The van der Waals surface area contributed by atoms with E-state index in [1.54, 1.807) is 0 Å². The topological polar surface area (TPSA) is 0 Å². The van der Waals surface area contributed by atoms with Crippen LogP contribution in [0, 0.1) is 0 Å². The molecular formula is C4H8F2N+. The van der Waals surface area contributed by atoms with E-state index in [9.17, 15) is 8.96 Å². The maximum Gasteiger partial charge on any atom is 0.155 e. The van der Waals surface area contributed by atoms with Crippen LogP contribution in [-0.4, -0.2) is 18.0 Å². The average molecular weight is 108 g/mol. The molecule has 1 saturated heterocycles. The molecule has 0 spiro atoms. The Balaban J connectivity index is 2.40. The number of rotatable bonds is 0. The Labute approximate surface area is 41.0 Å². The molecule has 0 aliphatic carbocycles. The monoisotopic (exact) mass is 108 g/mol. The Hall–Kier alpha value is -0.180. The maximum absolute atomic E-state index is 11.9. The Bertz CT molecular complexity index is 64.1. The van der Waals surface area contributed by atoms with Gasteiger partial charge in [0.15, 0.2) is 13.1 Å². The molecule has 0 bridgehead atoms. The first-order valence-electron chi connectivity index (χ1n) is 2.47. The summed E-state index contributed by atoms with van der Waals surface area (Å²) in [5.41, 5.74) is 0. The fraction of sp³-hybridized carbons (Fsp3) is 1.00. The van der Waals surface area contributed by atoms with E-state index in [1.165, 1.54) is 0 Å². The minimum absolute atomic E-state index is 0.0556. The number of nitrogens with zero attached hydrogens (tertiary/aromatic N) is 1. The van der Waals surface area contributed by atoms with Crippen molar-refractivity contribution in [3.05, 3.63) is 0 Å². The summed E-state index contributed by atoms with van der Waals surface area (Å²) < 4.78 is 23.8. The van der Waals surface area contributed by atoms with Crippen molar-refractivity contribution in [3.8, 4) is 0 Å². The molecule has 0 unspecified atom stereocenters. The van der Waals surface area contributed by atoms with Crippen LogP contribution < -0.4 is 0 Å². The molecule has 0 amide bonds. The Morgan fingerprint density at radius 3 is 1.57 bits per heavy atom. The summed E-state index contributed by atoms with van der Waals surface area (Å²) in [5.74, 6) is 0. The van der Waals surface area contributed by atoms with E-state index in [0.717, 1.165) is 0 Å². The van der Waals surface area contributed by atoms with Gasteiger partial charge in [-0.15, -0.1) is 0 Å². The first-order chi connectivity index (χ1) is 3.21. The van der Waals surface area contributed by atoms with Gasteiger partial charge >= 0.3 is 0 Å². The Morgan fingerprint density at radius 1 is 1.00 bits per heavy atom. The van der Waals surface area contributed by atoms with Crippen LogP contribution in [0.3, 0.4) is 0 Å². The molecule has 1 heterocycles. The maximum atomic E-state index is 11.9. The summed E-state index contributed by atoms with van der Waals surface area (Å²) in [6.07, 6.45) is 1.38. The van der Waals surface area contributed by atoms with Gasteiger partial charge < -0.3 is 0 Å². The van der Waals surface area contributed by atoms with E-state index in [1.807, 2.05) is 0 Å². The van der Waals surface area contributed by atoms with Gasteiger partial charge in [-0.2, -0.15) is 0 Å². The van der Waals surface area contributed by atoms with Gasteiger partial charge in [-0.05, 0) is 0 Å². The van der Waals surface area contributed by atoms with Crippen LogP contribution in [0.2, 0.25) is 0 Å². The summed E-state index contributed by atoms with van der Waals surface area (Å²) in [7, 11) is 0. The fourth-order valence-electron chi connectivity index (χ4n) is 0.798. The average Bonchev–Trinajstić information content (AvgIpc) is 1.84. The van der Waals surface area contributed by atoms with Gasteiger partial charge in [-0.3, -0.25) is 0 Å². The number of quaternary nitrogens is 1. The van der Waals surface area contributed by atoms with E-state index >= 15 is 0 Å². The molecule has 0 aromatic heterocycles. The van der Waals surface area contributed by atoms with Crippen molar-refractivity contribution in [1.29, 1.82) is 0 Å². The third-order valence-electron chi connectivity index (χ3n) is 1.22. The van der Waals surface area contributed by atoms with Gasteiger partial charge in [-0.1, -0.05) is 0 Å². The highest BCUT2D eigenvalue weighted by molar-refractivity contribution is 4.42. The molecule has 1 aliphatic rings. The summed E-state index contributed by atoms with van der Waals surface area (Å²) in [4.78, 5) is -1.75. The van der Waals surface area contributed by atoms with E-state index in [0.29, 0.717) is 12.8 Å². The lowest BCUT2D eigenvalue weighted by Gasteiger charge is -2.01. The molecule has 0 saturated carbocycles. The molecule has 0 atom stereocenters. The van der Waals surface area contributed by atoms with Gasteiger partial charge in [0.25, 0.3) is 0 Å². The van der Waals surface area contributed by atoms with Crippen LogP contribution >= 0.6 is 0 Å². The lowest BCUT2D eigenvalue weighted by molar-refractivity contribution is -1.16. The first kappa shape index (κ1) is 4.97. The summed E-state index contributed by atoms with van der Waals surface area (Å²) in [6, 6.07) is 0. The lowest BCUT2D eigenvalue weighted by atomic mass is 10.4. The zero-order valence-electron chi connectivity index (χ0n) is 4.03. The third kappa shape index (κ3) is 1.09. The van der Waals surface area contributed by atoms with Gasteiger partial charge in [0.1, 0.15) is 0 Å². The molecule has 1 fully saturated rings. The van der Waals surface area contributed by atoms with Crippen LogP contribution in [-0.2, 0) is 0 Å². The van der Waals surface area contributed by atoms with E-state index < -0.39 is 4.93 Å². The fourth-order valence-corrected chi connectivity index (χ4v) is 0.798. The molecule has 1 aliphatic heterocycles. The summed E-state index contributed by atoms with van der Waals surface area (Å²) in [5, 5.41) is 0. The van der Waals surface area contributed by atoms with Crippen molar-refractivity contribution < 1.29 is 13.9 Å². The first-order valence-corrected chi connectivity index (χ1v) is 2.47. The highest BCUT2D eigenvalue weighted by Gasteiger charge is 2.34. The van der Waals surface area contributed by atoms with Crippen LogP contribution in [0.1, 0.15) is 12.8 Å². The molecule has 0 N–H and O–H groups in total. The zero-order chi connectivity index (χ0) is 5.33. The molecule has 0 aromatic rings. The zero-order valence-corrected chi connectivity index (χ0v) is 4.03. The molecular weight excluding hydrogens is 100 g/mol. The molecule has 7 heavy (non-hydrogen) atoms. The standard InChI is InChI=1S/C4H8F2N/c5-7(6)3-1-2-4-7/h1-4H2/q+1. The molecule has 3 heteroatoms. The van der Waals surface area contributed by atoms with Crippen LogP contribution in [0.5, 0.6) is 0 Å². The Morgan fingerprint density at radius 2 is 1.43 bits per heavy atom. The smallest absolute Gasteiger partial charge is 0.00907 e. The third-order valence-corrected chi connectivity index (χ3v) is 1.22. The Kier molecular flexibility index (Phi) is 0.995. The largest absolute Gasteiger partial charge is 0.155 e. The SMILES string of the molecule is F[N+]1(F)CCCC1. The van der Waals surface area contributed by atoms with Crippen molar-refractivity contribution in [1.82, 2.24) is 0 Å². The van der Waals surface area contributed by atoms with Gasteiger partial charge in [0.05, 0.1) is 4.93 Å². The minimum Gasteiger partial charge on any atom is 0.00907 e. The van der Waals surface area contributed by atoms with Crippen LogP contribution in [0.25, 0.3) is 0 Å². The van der Waals surface area contributed by atoms with E-state index in [4.69, 9.17) is 0 Å². The van der Waals surface area contributed by atoms with Gasteiger partial charge in [-0.25, -0.2) is 0 Å². The molecule has 0 radical (unpaired) electrons. The molecule has 1 rings (SSSR count). The van der Waals surface area contributed by atoms with Crippen LogP contribution in [0.4, 0.5) is 8.96 Å². The van der Waals surface area contributed by atoms with Crippen molar-refractivity contribution >= 4 is 0 Å².